The molecule has 17 nitrogen and oxygen atoms in total. The van der Waals surface area contributed by atoms with Crippen LogP contribution < -0.4 is 0 Å². The summed E-state index contributed by atoms with van der Waals surface area (Å²) in [5, 5.41) is 10.6. The number of carbonyl (C=O) groups excluding carboxylic acids is 4. The lowest BCUT2D eigenvalue weighted by atomic mass is 10.0. The van der Waals surface area contributed by atoms with Crippen LogP contribution in [0, 0.1) is 23.7 Å². The molecule has 0 spiro atoms. The van der Waals surface area contributed by atoms with E-state index in [2.05, 4.69) is 55.4 Å². The number of hydrogen-bond donors (Lipinski definition) is 3. The number of unbranched alkanes of at least 4 members (excludes halogenated alkanes) is 39. The van der Waals surface area contributed by atoms with Gasteiger partial charge in [-0.15, -0.1) is 0 Å². The molecule has 2 unspecified atom stereocenters. The fourth-order valence-electron chi connectivity index (χ4n) is 11.6. The van der Waals surface area contributed by atoms with Gasteiger partial charge in [-0.2, -0.15) is 0 Å². The third-order valence-corrected chi connectivity index (χ3v) is 19.5. The minimum absolute atomic E-state index is 0.102. The molecule has 95 heavy (non-hydrogen) atoms. The quantitative estimate of drug-likeness (QED) is 0.0222. The molecule has 0 bridgehead atoms. The molecule has 0 saturated carbocycles. The summed E-state index contributed by atoms with van der Waals surface area (Å²) in [6, 6.07) is 0. The largest absolute Gasteiger partial charge is 0.472 e. The van der Waals surface area contributed by atoms with Crippen molar-refractivity contribution in [1.29, 1.82) is 0 Å². The first-order chi connectivity index (χ1) is 45.6. The summed E-state index contributed by atoms with van der Waals surface area (Å²) >= 11 is 0. The Balaban J connectivity index is 5.11. The zero-order valence-electron chi connectivity index (χ0n) is 62.3. The highest BCUT2D eigenvalue weighted by Gasteiger charge is 2.30. The van der Waals surface area contributed by atoms with E-state index in [0.29, 0.717) is 37.5 Å². The van der Waals surface area contributed by atoms with Crippen LogP contribution in [-0.2, 0) is 65.4 Å². The van der Waals surface area contributed by atoms with Gasteiger partial charge in [0.1, 0.15) is 19.3 Å². The average Bonchev–Trinajstić information content (AvgIpc) is 3.25. The van der Waals surface area contributed by atoms with Crippen molar-refractivity contribution in [3.05, 3.63) is 0 Å². The van der Waals surface area contributed by atoms with Crippen molar-refractivity contribution in [1.82, 2.24) is 0 Å². The Morgan fingerprint density at radius 3 is 0.653 bits per heavy atom. The number of carbonyl (C=O) groups is 4. The highest BCUT2D eigenvalue weighted by atomic mass is 31.2. The molecule has 0 heterocycles. The normalized spacial score (nSPS) is 14.1. The zero-order chi connectivity index (χ0) is 70.3. The molecule has 0 aromatic rings. The van der Waals surface area contributed by atoms with Crippen LogP contribution in [0.1, 0.15) is 383 Å². The molecular formula is C76H148O17P2. The Morgan fingerprint density at radius 2 is 0.442 bits per heavy atom. The Hall–Kier alpha value is -1.94. The molecule has 0 aliphatic heterocycles. The van der Waals surface area contributed by atoms with Crippen LogP contribution in [0.2, 0.25) is 0 Å². The molecular weight excluding hydrogens is 1250 g/mol. The molecule has 0 amide bonds. The van der Waals surface area contributed by atoms with Crippen LogP contribution in [0.5, 0.6) is 0 Å². The van der Waals surface area contributed by atoms with Crippen LogP contribution >= 0.6 is 15.6 Å². The van der Waals surface area contributed by atoms with Gasteiger partial charge in [0.2, 0.25) is 0 Å². The van der Waals surface area contributed by atoms with Crippen molar-refractivity contribution in [3.8, 4) is 0 Å². The van der Waals surface area contributed by atoms with Gasteiger partial charge in [-0.25, -0.2) is 9.13 Å². The van der Waals surface area contributed by atoms with Gasteiger partial charge < -0.3 is 33.8 Å². The highest BCUT2D eigenvalue weighted by Crippen LogP contribution is 2.45. The van der Waals surface area contributed by atoms with Crippen LogP contribution in [0.4, 0.5) is 0 Å². The number of aliphatic hydroxyl groups excluding tert-OH is 1. The molecule has 0 aliphatic rings. The molecule has 0 radical (unpaired) electrons. The lowest BCUT2D eigenvalue weighted by molar-refractivity contribution is -0.161. The van der Waals surface area contributed by atoms with Crippen molar-refractivity contribution in [2.24, 2.45) is 23.7 Å². The molecule has 19 heteroatoms. The van der Waals surface area contributed by atoms with Crippen molar-refractivity contribution < 1.29 is 80.2 Å². The minimum atomic E-state index is -4.95. The topological polar surface area (TPSA) is 237 Å². The van der Waals surface area contributed by atoms with Gasteiger partial charge in [0.15, 0.2) is 12.2 Å². The van der Waals surface area contributed by atoms with Gasteiger partial charge >= 0.3 is 39.5 Å². The molecule has 0 fully saturated rings. The first-order valence-electron chi connectivity index (χ1n) is 39.2. The van der Waals surface area contributed by atoms with E-state index in [0.717, 1.165) is 108 Å². The van der Waals surface area contributed by atoms with Crippen LogP contribution in [0.3, 0.4) is 0 Å². The molecule has 0 rings (SSSR count). The Bertz CT molecular complexity index is 1870. The number of rotatable bonds is 73. The summed E-state index contributed by atoms with van der Waals surface area (Å²) in [6.45, 7) is 14.1. The lowest BCUT2D eigenvalue weighted by Gasteiger charge is -2.21. The molecule has 0 aromatic heterocycles. The SMILES string of the molecule is CC(C)CCCCCCCCCCCCCCCCCCCCC(=O)OC[C@H](COP(=O)(O)OC[C@@H](O)COP(=O)(O)OC[C@@H](COC(=O)CCCCCCCCC(C)C)OC(=O)CCCCCCCCCCCCCCCC(C)C)OC(=O)CCCCCCCCC(C)C. The second kappa shape index (κ2) is 65.4. The van der Waals surface area contributed by atoms with Crippen molar-refractivity contribution in [2.75, 3.05) is 39.6 Å². The summed E-state index contributed by atoms with van der Waals surface area (Å²) in [6.07, 6.45) is 50.5. The van der Waals surface area contributed by atoms with Crippen molar-refractivity contribution >= 4 is 39.5 Å². The van der Waals surface area contributed by atoms with E-state index in [-0.39, 0.29) is 25.7 Å². The van der Waals surface area contributed by atoms with Crippen LogP contribution in [0.25, 0.3) is 0 Å². The van der Waals surface area contributed by atoms with Crippen LogP contribution in [0.15, 0.2) is 0 Å². The molecule has 564 valence electrons. The summed E-state index contributed by atoms with van der Waals surface area (Å²) in [4.78, 5) is 72.7. The maximum atomic E-state index is 13.0. The summed E-state index contributed by atoms with van der Waals surface area (Å²) < 4.78 is 68.4. The fraction of sp³-hybridized carbons (Fsp3) is 0.947. The summed E-state index contributed by atoms with van der Waals surface area (Å²) in [7, 11) is -9.91. The zero-order valence-corrected chi connectivity index (χ0v) is 64.1. The third-order valence-electron chi connectivity index (χ3n) is 17.6. The van der Waals surface area contributed by atoms with E-state index in [9.17, 15) is 43.2 Å². The third kappa shape index (κ3) is 70.3. The van der Waals surface area contributed by atoms with E-state index >= 15 is 0 Å². The van der Waals surface area contributed by atoms with Gasteiger partial charge in [0.05, 0.1) is 26.4 Å². The Kier molecular flexibility index (Phi) is 64.0. The van der Waals surface area contributed by atoms with E-state index in [4.69, 9.17) is 37.0 Å². The van der Waals surface area contributed by atoms with Gasteiger partial charge in [-0.1, -0.05) is 331 Å². The molecule has 0 saturated heterocycles. The summed E-state index contributed by atoms with van der Waals surface area (Å²) in [5.41, 5.74) is 0. The van der Waals surface area contributed by atoms with Crippen LogP contribution in [-0.4, -0.2) is 96.7 Å². The van der Waals surface area contributed by atoms with E-state index in [1.165, 1.54) is 180 Å². The van der Waals surface area contributed by atoms with Gasteiger partial charge in [0, 0.05) is 25.7 Å². The van der Waals surface area contributed by atoms with Gasteiger partial charge in [0.25, 0.3) is 0 Å². The van der Waals surface area contributed by atoms with Gasteiger partial charge in [-0.05, 0) is 49.4 Å². The number of phosphoric ester groups is 2. The lowest BCUT2D eigenvalue weighted by Crippen LogP contribution is -2.30. The van der Waals surface area contributed by atoms with E-state index in [1.54, 1.807) is 0 Å². The second-order valence-corrected chi connectivity index (χ2v) is 32.2. The maximum Gasteiger partial charge on any atom is 0.472 e. The first kappa shape index (κ1) is 93.1. The molecule has 0 aromatic carbocycles. The second-order valence-electron chi connectivity index (χ2n) is 29.3. The number of esters is 4. The number of phosphoric acid groups is 2. The van der Waals surface area contributed by atoms with Gasteiger partial charge in [-0.3, -0.25) is 37.3 Å². The van der Waals surface area contributed by atoms with E-state index in [1.807, 2.05) is 0 Å². The Morgan fingerprint density at radius 1 is 0.263 bits per heavy atom. The predicted octanol–water partition coefficient (Wildman–Crippen LogP) is 22.0. The number of aliphatic hydroxyl groups is 1. The number of ether oxygens (including phenoxy) is 4. The van der Waals surface area contributed by atoms with E-state index < -0.39 is 97.5 Å². The minimum Gasteiger partial charge on any atom is -0.462 e. The Labute approximate surface area is 581 Å². The van der Waals surface area contributed by atoms with Crippen molar-refractivity contribution in [3.63, 3.8) is 0 Å². The smallest absolute Gasteiger partial charge is 0.462 e. The highest BCUT2D eigenvalue weighted by molar-refractivity contribution is 7.47. The van der Waals surface area contributed by atoms with Crippen molar-refractivity contribution in [2.45, 2.75) is 401 Å². The summed E-state index contributed by atoms with van der Waals surface area (Å²) in [5.74, 6) is 0.830. The maximum absolute atomic E-state index is 13.0. The molecule has 0 aliphatic carbocycles. The monoisotopic (exact) mass is 1400 g/mol. The number of hydrogen-bond acceptors (Lipinski definition) is 15. The standard InChI is InChI=1S/C76H148O17P2/c1-66(2)52-44-36-28-24-20-16-13-11-9-10-12-14-18-22-26-30-40-48-56-73(78)86-62-72(93-76(81)59-51-43-35-33-39-47-55-69(7)8)65-91-95(84,85)89-61-70(77)60-88-94(82,83)90-64-71(63-87-74(79)57-49-41-34-32-38-46-54-68(5)6)92-75(80)58-50-42-31-27-23-19-15-17-21-25-29-37-45-53-67(3)4/h66-72,77H,9-65H2,1-8H3,(H,82,83)(H,84,85)/t70-,71+,72+/m0/s1. The predicted molar refractivity (Wildman–Crippen MR) is 386 cm³/mol. The fourth-order valence-corrected chi connectivity index (χ4v) is 13.1. The molecule has 5 atom stereocenters. The molecule has 3 N–H and O–H groups in total. The average molecular weight is 1400 g/mol. The first-order valence-corrected chi connectivity index (χ1v) is 42.2.